The molecule has 9 heteroatoms. The Balaban J connectivity index is 1.51. The van der Waals surface area contributed by atoms with Crippen LogP contribution in [0.2, 0.25) is 0 Å². The van der Waals surface area contributed by atoms with Gasteiger partial charge in [0.25, 0.3) is 0 Å². The summed E-state index contributed by atoms with van der Waals surface area (Å²) in [6.45, 7) is 0. The molecule has 0 aliphatic heterocycles. The molecule has 2 atom stereocenters. The average molecular weight is 373 g/mol. The number of amides is 2. The van der Waals surface area contributed by atoms with E-state index in [1.807, 2.05) is 6.07 Å². The van der Waals surface area contributed by atoms with E-state index in [0.717, 1.165) is 30.5 Å². The Morgan fingerprint density at radius 2 is 2.19 bits per heavy atom. The molecule has 2 amide bonds. The topological polar surface area (TPSA) is 118 Å². The number of anilines is 1. The molecule has 144 valence electrons. The van der Waals surface area contributed by atoms with Gasteiger partial charge in [0, 0.05) is 37.0 Å². The second-order valence-electron chi connectivity index (χ2n) is 6.43. The van der Waals surface area contributed by atoms with E-state index < -0.39 is 6.09 Å². The van der Waals surface area contributed by atoms with Crippen molar-refractivity contribution < 1.29 is 19.1 Å². The van der Waals surface area contributed by atoms with E-state index >= 15 is 0 Å². The highest BCUT2D eigenvalue weighted by Gasteiger charge is 2.29. The van der Waals surface area contributed by atoms with E-state index in [4.69, 9.17) is 9.47 Å². The van der Waals surface area contributed by atoms with Crippen LogP contribution in [0.4, 0.5) is 10.6 Å². The van der Waals surface area contributed by atoms with Crippen LogP contribution in [0.3, 0.4) is 0 Å². The molecule has 1 saturated carbocycles. The number of nitrogens with zero attached hydrogens (tertiary/aromatic N) is 2. The number of nitrogens with one attached hydrogen (secondary N) is 3. The second-order valence-corrected chi connectivity index (χ2v) is 6.43. The summed E-state index contributed by atoms with van der Waals surface area (Å²) in [7, 11) is 3.09. The minimum atomic E-state index is -0.411. The quantitative estimate of drug-likeness (QED) is 0.713. The zero-order valence-corrected chi connectivity index (χ0v) is 15.3. The van der Waals surface area contributed by atoms with Crippen LogP contribution >= 0.6 is 0 Å². The van der Waals surface area contributed by atoms with E-state index in [9.17, 15) is 9.59 Å². The fourth-order valence-electron chi connectivity index (χ4n) is 3.16. The number of pyridine rings is 1. The predicted molar refractivity (Wildman–Crippen MR) is 97.6 cm³/mol. The number of ether oxygens (including phenoxy) is 2. The molecule has 2 aromatic rings. The summed E-state index contributed by atoms with van der Waals surface area (Å²) in [4.78, 5) is 27.6. The first-order chi connectivity index (χ1) is 13.1. The highest BCUT2D eigenvalue weighted by Crippen LogP contribution is 2.35. The monoisotopic (exact) mass is 373 g/mol. The van der Waals surface area contributed by atoms with Gasteiger partial charge in [-0.05, 0) is 24.8 Å². The van der Waals surface area contributed by atoms with Gasteiger partial charge in [-0.1, -0.05) is 6.07 Å². The van der Waals surface area contributed by atoms with Gasteiger partial charge in [-0.15, -0.1) is 0 Å². The van der Waals surface area contributed by atoms with E-state index in [1.54, 1.807) is 32.5 Å². The third-order valence-electron chi connectivity index (χ3n) is 4.54. The Bertz CT molecular complexity index is 789. The van der Waals surface area contributed by atoms with Crippen molar-refractivity contribution in [1.82, 2.24) is 20.5 Å². The van der Waals surface area contributed by atoms with Crippen molar-refractivity contribution >= 4 is 17.8 Å². The lowest BCUT2D eigenvalue weighted by atomic mass is 10.0. The molecule has 1 fully saturated rings. The van der Waals surface area contributed by atoms with Gasteiger partial charge in [0.15, 0.2) is 5.82 Å². The molecule has 1 aliphatic rings. The van der Waals surface area contributed by atoms with Gasteiger partial charge in [0.05, 0.1) is 13.5 Å². The van der Waals surface area contributed by atoms with Crippen molar-refractivity contribution in [2.75, 3.05) is 19.5 Å². The minimum Gasteiger partial charge on any atom is -0.481 e. The van der Waals surface area contributed by atoms with Crippen LogP contribution in [0.25, 0.3) is 0 Å². The zero-order valence-electron chi connectivity index (χ0n) is 15.3. The van der Waals surface area contributed by atoms with E-state index in [-0.39, 0.29) is 24.3 Å². The third-order valence-corrected chi connectivity index (χ3v) is 4.54. The summed E-state index contributed by atoms with van der Waals surface area (Å²) in [5.74, 6) is 1.04. The van der Waals surface area contributed by atoms with E-state index in [0.29, 0.717) is 11.7 Å². The van der Waals surface area contributed by atoms with Crippen molar-refractivity contribution in [1.29, 1.82) is 0 Å². The number of methoxy groups -OCH3 is 1. The molecule has 0 spiro atoms. The molecule has 3 rings (SSSR count). The largest absolute Gasteiger partial charge is 0.481 e. The highest BCUT2D eigenvalue weighted by atomic mass is 16.6. The van der Waals surface area contributed by atoms with Crippen molar-refractivity contribution in [2.45, 2.75) is 37.7 Å². The molecular weight excluding hydrogens is 350 g/mol. The van der Waals surface area contributed by atoms with Gasteiger partial charge in [-0.2, -0.15) is 5.10 Å². The molecule has 0 bridgehead atoms. The number of hydrogen-bond acceptors (Lipinski definition) is 6. The third kappa shape index (κ3) is 4.96. The molecule has 3 N–H and O–H groups in total. The first-order valence-corrected chi connectivity index (χ1v) is 8.79. The number of carbonyl (C=O) groups excluding carboxylic acids is 2. The molecule has 27 heavy (non-hydrogen) atoms. The maximum atomic E-state index is 12.2. The molecule has 0 saturated heterocycles. The summed E-state index contributed by atoms with van der Waals surface area (Å²) in [6, 6.07) is 5.34. The molecule has 2 aromatic heterocycles. The van der Waals surface area contributed by atoms with Crippen LogP contribution in [0.1, 0.15) is 36.4 Å². The van der Waals surface area contributed by atoms with Crippen LogP contribution in [0.15, 0.2) is 24.4 Å². The van der Waals surface area contributed by atoms with Crippen LogP contribution in [0.5, 0.6) is 5.88 Å². The zero-order chi connectivity index (χ0) is 19.2. The number of aromatic amines is 1. The average Bonchev–Trinajstić information content (AvgIpc) is 3.31. The number of rotatable bonds is 6. The molecule has 0 aromatic carbocycles. The predicted octanol–water partition coefficient (Wildman–Crippen LogP) is 1.99. The molecule has 2 heterocycles. The SMILES string of the molecule is CNC(=O)OC1CCC(c2cc(NC(=O)Cc3ccc(OC)nc3)n[nH]2)C1. The van der Waals surface area contributed by atoms with Gasteiger partial charge in [0.1, 0.15) is 6.10 Å². The van der Waals surface area contributed by atoms with E-state index in [1.165, 1.54) is 0 Å². The van der Waals surface area contributed by atoms with Crippen LogP contribution < -0.4 is 15.4 Å². The number of alkyl carbamates (subject to hydrolysis) is 1. The fourth-order valence-corrected chi connectivity index (χ4v) is 3.16. The Hall–Kier alpha value is -3.10. The number of H-pyrrole nitrogens is 1. The van der Waals surface area contributed by atoms with Gasteiger partial charge in [-0.3, -0.25) is 9.89 Å². The van der Waals surface area contributed by atoms with E-state index in [2.05, 4.69) is 25.8 Å². The van der Waals surface area contributed by atoms with Crippen molar-refractivity contribution in [3.8, 4) is 5.88 Å². The second kappa shape index (κ2) is 8.52. The van der Waals surface area contributed by atoms with Crippen LogP contribution in [-0.2, 0) is 16.0 Å². The summed E-state index contributed by atoms with van der Waals surface area (Å²) in [5.41, 5.74) is 1.72. The number of hydrogen-bond donors (Lipinski definition) is 3. The normalized spacial score (nSPS) is 18.7. The Labute approximate surface area is 156 Å². The summed E-state index contributed by atoms with van der Waals surface area (Å²) < 4.78 is 10.3. The smallest absolute Gasteiger partial charge is 0.407 e. The Morgan fingerprint density at radius 3 is 2.89 bits per heavy atom. The lowest BCUT2D eigenvalue weighted by molar-refractivity contribution is -0.115. The minimum absolute atomic E-state index is 0.0983. The van der Waals surface area contributed by atoms with Crippen molar-refractivity contribution in [2.24, 2.45) is 0 Å². The maximum absolute atomic E-state index is 12.2. The maximum Gasteiger partial charge on any atom is 0.407 e. The van der Waals surface area contributed by atoms with Gasteiger partial charge in [0.2, 0.25) is 11.8 Å². The Morgan fingerprint density at radius 1 is 1.33 bits per heavy atom. The summed E-state index contributed by atoms with van der Waals surface area (Å²) in [5, 5.41) is 12.4. The number of carbonyl (C=O) groups is 2. The summed E-state index contributed by atoms with van der Waals surface area (Å²) in [6.07, 6.45) is 3.74. The lowest BCUT2D eigenvalue weighted by Gasteiger charge is -2.11. The first kappa shape index (κ1) is 18.7. The van der Waals surface area contributed by atoms with Crippen LogP contribution in [-0.4, -0.2) is 47.4 Å². The summed E-state index contributed by atoms with van der Waals surface area (Å²) >= 11 is 0. The first-order valence-electron chi connectivity index (χ1n) is 8.79. The van der Waals surface area contributed by atoms with Gasteiger partial charge in [-0.25, -0.2) is 9.78 Å². The highest BCUT2D eigenvalue weighted by molar-refractivity contribution is 5.91. The van der Waals surface area contributed by atoms with Crippen molar-refractivity contribution in [3.05, 3.63) is 35.7 Å². The fraction of sp³-hybridized carbons (Fsp3) is 0.444. The van der Waals surface area contributed by atoms with Gasteiger partial charge < -0.3 is 20.1 Å². The molecular formula is C18H23N5O4. The molecule has 2 unspecified atom stereocenters. The van der Waals surface area contributed by atoms with Crippen LogP contribution in [0, 0.1) is 0 Å². The Kier molecular flexibility index (Phi) is 5.90. The van der Waals surface area contributed by atoms with Crippen molar-refractivity contribution in [3.63, 3.8) is 0 Å². The molecule has 9 nitrogen and oxygen atoms in total. The molecule has 0 radical (unpaired) electrons. The molecule has 1 aliphatic carbocycles. The number of aromatic nitrogens is 3. The van der Waals surface area contributed by atoms with Gasteiger partial charge >= 0.3 is 6.09 Å². The lowest BCUT2D eigenvalue weighted by Crippen LogP contribution is -2.24. The standard InChI is InChI=1S/C18H23N5O4/c1-19-18(25)27-13-5-4-12(8-13)14-9-15(23-22-14)21-16(24)7-11-3-6-17(26-2)20-10-11/h3,6,9-10,12-13H,4-5,7-8H2,1-2H3,(H,19,25)(H2,21,22,23,24).